The van der Waals surface area contributed by atoms with Gasteiger partial charge < -0.3 is 9.67 Å². The van der Waals surface area contributed by atoms with Crippen LogP contribution in [0.25, 0.3) is 22.4 Å². The average Bonchev–Trinajstić information content (AvgIpc) is 2.80. The molecule has 1 N–H and O–H groups in total. The first kappa shape index (κ1) is 14.0. The highest BCUT2D eigenvalue weighted by atomic mass is 35.5. The topological polar surface area (TPSA) is 38.0 Å². The summed E-state index contributed by atoms with van der Waals surface area (Å²) in [5, 5.41) is 10.9. The molecule has 0 atom stereocenters. The molecule has 0 saturated heterocycles. The number of benzene rings is 2. The number of fused-ring (bicyclic) bond motifs is 1. The van der Waals surface area contributed by atoms with Gasteiger partial charge in [0.1, 0.15) is 11.6 Å². The molecule has 3 nitrogen and oxygen atoms in total. The van der Waals surface area contributed by atoms with Gasteiger partial charge in [0, 0.05) is 11.6 Å². The molecule has 0 fully saturated rings. The molecule has 3 aromatic rings. The molecule has 21 heavy (non-hydrogen) atoms. The van der Waals surface area contributed by atoms with E-state index in [4.69, 9.17) is 11.6 Å². The van der Waals surface area contributed by atoms with Crippen molar-refractivity contribution in [3.05, 3.63) is 47.0 Å². The summed E-state index contributed by atoms with van der Waals surface area (Å²) in [7, 11) is 0. The molecule has 4 heteroatoms. The third-order valence-electron chi connectivity index (χ3n) is 3.55. The van der Waals surface area contributed by atoms with Crippen LogP contribution in [0.15, 0.2) is 36.4 Å². The number of rotatable bonds is 3. The largest absolute Gasteiger partial charge is 0.507 e. The first-order valence-corrected chi connectivity index (χ1v) is 7.43. The molecule has 1 heterocycles. The van der Waals surface area contributed by atoms with Gasteiger partial charge in [0.25, 0.3) is 0 Å². The number of aryl methyl sites for hydroxylation is 2. The third kappa shape index (κ3) is 2.49. The summed E-state index contributed by atoms with van der Waals surface area (Å²) in [4.78, 5) is 4.68. The molecule has 0 bridgehead atoms. The predicted molar refractivity (Wildman–Crippen MR) is 86.9 cm³/mol. The fourth-order valence-electron chi connectivity index (χ4n) is 2.59. The first-order chi connectivity index (χ1) is 10.1. The molecular weight excluding hydrogens is 284 g/mol. The van der Waals surface area contributed by atoms with Gasteiger partial charge in [0.15, 0.2) is 0 Å². The molecule has 0 aliphatic heterocycles. The van der Waals surface area contributed by atoms with Crippen LogP contribution >= 0.6 is 11.6 Å². The normalized spacial score (nSPS) is 11.2. The molecular formula is C17H17ClN2O. The lowest BCUT2D eigenvalue weighted by Gasteiger charge is -2.10. The number of imidazole rings is 1. The Hall–Kier alpha value is -2.00. The Kier molecular flexibility index (Phi) is 3.60. The maximum Gasteiger partial charge on any atom is 0.144 e. The molecule has 0 aliphatic rings. The van der Waals surface area contributed by atoms with Crippen LogP contribution < -0.4 is 0 Å². The van der Waals surface area contributed by atoms with E-state index in [9.17, 15) is 5.11 Å². The Labute approximate surface area is 128 Å². The van der Waals surface area contributed by atoms with Crippen LogP contribution in [0.1, 0.15) is 18.9 Å². The first-order valence-electron chi connectivity index (χ1n) is 7.06. The SMILES string of the molecule is CCCn1c(-c2cc(C)ccc2O)nc2cc(Cl)ccc21. The Morgan fingerprint density at radius 1 is 1.19 bits per heavy atom. The van der Waals surface area contributed by atoms with Crippen LogP contribution in [0.4, 0.5) is 0 Å². The summed E-state index contributed by atoms with van der Waals surface area (Å²) in [6, 6.07) is 11.3. The van der Waals surface area contributed by atoms with E-state index in [0.717, 1.165) is 41.0 Å². The highest BCUT2D eigenvalue weighted by Gasteiger charge is 2.15. The second-order valence-corrected chi connectivity index (χ2v) is 5.68. The standard InChI is InChI=1S/C17H17ClN2O/c1-3-8-20-15-6-5-12(18)10-14(15)19-17(20)13-9-11(2)4-7-16(13)21/h4-7,9-10,21H,3,8H2,1-2H3. The van der Waals surface area contributed by atoms with E-state index in [-0.39, 0.29) is 5.75 Å². The zero-order valence-electron chi connectivity index (χ0n) is 12.1. The van der Waals surface area contributed by atoms with Crippen molar-refractivity contribution >= 4 is 22.6 Å². The zero-order chi connectivity index (χ0) is 15.0. The molecule has 0 radical (unpaired) electrons. The molecule has 0 saturated carbocycles. The zero-order valence-corrected chi connectivity index (χ0v) is 12.9. The fraction of sp³-hybridized carbons (Fsp3) is 0.235. The van der Waals surface area contributed by atoms with Crippen LogP contribution in [0.5, 0.6) is 5.75 Å². The Bertz CT molecular complexity index is 808. The minimum Gasteiger partial charge on any atom is -0.507 e. The van der Waals surface area contributed by atoms with Gasteiger partial charge in [-0.3, -0.25) is 0 Å². The van der Waals surface area contributed by atoms with Crippen LogP contribution in [0.3, 0.4) is 0 Å². The van der Waals surface area contributed by atoms with Gasteiger partial charge >= 0.3 is 0 Å². The number of phenolic OH excluding ortho intramolecular Hbond substituents is 1. The number of aromatic hydroxyl groups is 1. The van der Waals surface area contributed by atoms with Gasteiger partial charge in [-0.1, -0.05) is 30.2 Å². The lowest BCUT2D eigenvalue weighted by molar-refractivity contribution is 0.476. The van der Waals surface area contributed by atoms with Gasteiger partial charge in [-0.2, -0.15) is 0 Å². The fourth-order valence-corrected chi connectivity index (χ4v) is 2.75. The molecule has 2 aromatic carbocycles. The second kappa shape index (κ2) is 5.41. The number of aromatic nitrogens is 2. The monoisotopic (exact) mass is 300 g/mol. The summed E-state index contributed by atoms with van der Waals surface area (Å²) >= 11 is 6.06. The summed E-state index contributed by atoms with van der Waals surface area (Å²) in [6.45, 7) is 4.98. The molecule has 108 valence electrons. The van der Waals surface area contributed by atoms with Crippen molar-refractivity contribution in [3.8, 4) is 17.1 Å². The van der Waals surface area contributed by atoms with Crippen molar-refractivity contribution in [3.63, 3.8) is 0 Å². The molecule has 0 aliphatic carbocycles. The molecule has 0 amide bonds. The Morgan fingerprint density at radius 3 is 2.76 bits per heavy atom. The maximum absolute atomic E-state index is 10.2. The maximum atomic E-state index is 10.2. The van der Waals surface area contributed by atoms with Gasteiger partial charge in [0.2, 0.25) is 0 Å². The highest BCUT2D eigenvalue weighted by molar-refractivity contribution is 6.31. The van der Waals surface area contributed by atoms with Gasteiger partial charge in [-0.25, -0.2) is 4.98 Å². The van der Waals surface area contributed by atoms with E-state index in [2.05, 4.69) is 16.5 Å². The number of phenols is 1. The summed E-state index contributed by atoms with van der Waals surface area (Å²) in [6.07, 6.45) is 0.994. The van der Waals surface area contributed by atoms with Gasteiger partial charge in [-0.15, -0.1) is 0 Å². The van der Waals surface area contributed by atoms with Crippen molar-refractivity contribution in [2.45, 2.75) is 26.8 Å². The molecule has 1 aromatic heterocycles. The number of hydrogen-bond donors (Lipinski definition) is 1. The van der Waals surface area contributed by atoms with Crippen molar-refractivity contribution in [1.82, 2.24) is 9.55 Å². The van der Waals surface area contributed by atoms with Gasteiger partial charge in [-0.05, 0) is 43.7 Å². The Morgan fingerprint density at radius 2 is 2.00 bits per heavy atom. The highest BCUT2D eigenvalue weighted by Crippen LogP contribution is 2.33. The minimum absolute atomic E-state index is 0.249. The van der Waals surface area contributed by atoms with Crippen molar-refractivity contribution in [2.75, 3.05) is 0 Å². The van der Waals surface area contributed by atoms with Crippen LogP contribution in [-0.2, 0) is 6.54 Å². The van der Waals surface area contributed by atoms with E-state index in [0.29, 0.717) is 5.02 Å². The average molecular weight is 301 g/mol. The summed E-state index contributed by atoms with van der Waals surface area (Å²) in [5.74, 6) is 1.04. The van der Waals surface area contributed by atoms with E-state index in [1.807, 2.05) is 37.3 Å². The number of halogens is 1. The Balaban J connectivity index is 2.30. The van der Waals surface area contributed by atoms with Crippen LogP contribution in [-0.4, -0.2) is 14.7 Å². The number of nitrogens with zero attached hydrogens (tertiary/aromatic N) is 2. The summed E-state index contributed by atoms with van der Waals surface area (Å²) in [5.41, 5.74) is 3.75. The second-order valence-electron chi connectivity index (χ2n) is 5.24. The molecule has 3 rings (SSSR count). The van der Waals surface area contributed by atoms with E-state index < -0.39 is 0 Å². The summed E-state index contributed by atoms with van der Waals surface area (Å²) < 4.78 is 2.14. The quantitative estimate of drug-likeness (QED) is 0.756. The van der Waals surface area contributed by atoms with Crippen LogP contribution in [0, 0.1) is 6.92 Å². The molecule has 0 spiro atoms. The van der Waals surface area contributed by atoms with Gasteiger partial charge in [0.05, 0.1) is 16.6 Å². The minimum atomic E-state index is 0.249. The lowest BCUT2D eigenvalue weighted by atomic mass is 10.1. The smallest absolute Gasteiger partial charge is 0.144 e. The van der Waals surface area contributed by atoms with E-state index in [1.54, 1.807) is 6.07 Å². The van der Waals surface area contributed by atoms with Crippen molar-refractivity contribution in [1.29, 1.82) is 0 Å². The third-order valence-corrected chi connectivity index (χ3v) is 3.79. The van der Waals surface area contributed by atoms with E-state index >= 15 is 0 Å². The molecule has 0 unspecified atom stereocenters. The predicted octanol–water partition coefficient (Wildman–Crippen LogP) is 4.78. The van der Waals surface area contributed by atoms with Crippen molar-refractivity contribution in [2.24, 2.45) is 0 Å². The van der Waals surface area contributed by atoms with Crippen molar-refractivity contribution < 1.29 is 5.11 Å². The van der Waals surface area contributed by atoms with Crippen LogP contribution in [0.2, 0.25) is 5.02 Å². The van der Waals surface area contributed by atoms with E-state index in [1.165, 1.54) is 0 Å². The number of hydrogen-bond acceptors (Lipinski definition) is 2. The lowest BCUT2D eigenvalue weighted by Crippen LogP contribution is -2.00.